The molecule has 13 heteroatoms. The number of nitrogens with zero attached hydrogens (tertiary/aromatic N) is 5. The number of aryl methyl sites for hydroxylation is 1. The molecule has 1 spiro atoms. The summed E-state index contributed by atoms with van der Waals surface area (Å²) in [5, 5.41) is 10.7. The Hall–Kier alpha value is -4.29. The van der Waals surface area contributed by atoms with Crippen molar-refractivity contribution < 1.29 is 28.7 Å². The number of benzene rings is 1. The summed E-state index contributed by atoms with van der Waals surface area (Å²) in [6.45, 7) is 7.08. The van der Waals surface area contributed by atoms with Crippen LogP contribution in [0.1, 0.15) is 54.0 Å². The minimum absolute atomic E-state index is 0.169. The van der Waals surface area contributed by atoms with Crippen LogP contribution in [0.2, 0.25) is 0 Å². The van der Waals surface area contributed by atoms with Gasteiger partial charge in [0.05, 0.1) is 25.3 Å². The van der Waals surface area contributed by atoms with Crippen LogP contribution < -0.4 is 11.1 Å². The fourth-order valence-electron chi connectivity index (χ4n) is 5.19. The van der Waals surface area contributed by atoms with E-state index in [0.29, 0.717) is 31.6 Å². The number of β-lactam (4-membered cyclic amide) rings is 1. The molecular weight excluding hydrogens is 506 g/mol. The first-order valence-corrected chi connectivity index (χ1v) is 12.8. The summed E-state index contributed by atoms with van der Waals surface area (Å²) in [5.74, 6) is -2.86. The van der Waals surface area contributed by atoms with Crippen LogP contribution >= 0.6 is 0 Å². The SMILES string of the molecule is CC(=O)O[C@H](C)[C@H](NC(=O)CN1CC2(CCCN2C(=O)c2nnn(Cc3ccc(C)cc3)c2C)C1=O)C(N)=O. The van der Waals surface area contributed by atoms with Crippen molar-refractivity contribution >= 4 is 29.6 Å². The van der Waals surface area contributed by atoms with Crippen LogP contribution in [0, 0.1) is 13.8 Å². The van der Waals surface area contributed by atoms with Crippen molar-refractivity contribution in [1.82, 2.24) is 30.1 Å². The standard InChI is InChI=1S/C26H33N7O6/c1-15-6-8-19(9-7-15)12-33-16(2)21(29-30-33)24(37)32-11-5-10-26(32)14-31(25(26)38)13-20(35)28-22(23(27)36)17(3)39-18(4)34/h6-9,17,22H,5,10-14H2,1-4H3,(H2,27,36)(H,28,35)/t17-,22+,26?/m1/s1. The van der Waals surface area contributed by atoms with E-state index in [4.69, 9.17) is 10.5 Å². The first kappa shape index (κ1) is 27.7. The summed E-state index contributed by atoms with van der Waals surface area (Å²) in [6, 6.07) is 6.75. The third-order valence-electron chi connectivity index (χ3n) is 7.29. The topological polar surface area (TPSA) is 170 Å². The zero-order valence-electron chi connectivity index (χ0n) is 22.5. The van der Waals surface area contributed by atoms with E-state index < -0.39 is 35.5 Å². The smallest absolute Gasteiger partial charge is 0.302 e. The van der Waals surface area contributed by atoms with Gasteiger partial charge in [-0.25, -0.2) is 4.68 Å². The number of primary amides is 1. The summed E-state index contributed by atoms with van der Waals surface area (Å²) in [5.41, 5.74) is 7.26. The molecule has 1 aromatic carbocycles. The van der Waals surface area contributed by atoms with E-state index in [0.717, 1.165) is 11.1 Å². The Morgan fingerprint density at radius 2 is 1.87 bits per heavy atom. The largest absolute Gasteiger partial charge is 0.460 e. The van der Waals surface area contributed by atoms with Gasteiger partial charge in [0.25, 0.3) is 11.8 Å². The number of nitrogens with one attached hydrogen (secondary N) is 1. The number of hydrogen-bond acceptors (Lipinski definition) is 8. The predicted octanol–water partition coefficient (Wildman–Crippen LogP) is -0.318. The molecule has 208 valence electrons. The first-order valence-electron chi connectivity index (χ1n) is 12.8. The summed E-state index contributed by atoms with van der Waals surface area (Å²) in [7, 11) is 0. The van der Waals surface area contributed by atoms with E-state index >= 15 is 0 Å². The summed E-state index contributed by atoms with van der Waals surface area (Å²) in [4.78, 5) is 65.2. The number of rotatable bonds is 9. The molecule has 39 heavy (non-hydrogen) atoms. The summed E-state index contributed by atoms with van der Waals surface area (Å²) in [6.07, 6.45) is 0.130. The van der Waals surface area contributed by atoms with E-state index in [1.165, 1.54) is 23.6 Å². The number of carbonyl (C=O) groups is 5. The number of hydrogen-bond donors (Lipinski definition) is 2. The van der Waals surface area contributed by atoms with Gasteiger partial charge in [-0.05, 0) is 39.2 Å². The highest BCUT2D eigenvalue weighted by Gasteiger charge is 2.60. The highest BCUT2D eigenvalue weighted by molar-refractivity contribution is 6.03. The number of likely N-dealkylation sites (tertiary alicyclic amines) is 2. The average molecular weight is 540 g/mol. The lowest BCUT2D eigenvalue weighted by Crippen LogP contribution is -2.74. The van der Waals surface area contributed by atoms with Gasteiger partial charge in [0, 0.05) is 13.5 Å². The maximum Gasteiger partial charge on any atom is 0.302 e. The van der Waals surface area contributed by atoms with Crippen LogP contribution in [0.3, 0.4) is 0 Å². The number of nitrogens with two attached hydrogens (primary N) is 1. The fraction of sp³-hybridized carbons (Fsp3) is 0.500. The minimum Gasteiger partial charge on any atom is -0.460 e. The molecule has 1 unspecified atom stereocenters. The molecular formula is C26H33N7O6. The molecule has 2 aromatic rings. The second kappa shape index (κ2) is 10.8. The third kappa shape index (κ3) is 5.47. The Bertz CT molecular complexity index is 1310. The van der Waals surface area contributed by atoms with E-state index in [2.05, 4.69) is 15.6 Å². The number of carbonyl (C=O) groups excluding carboxylic acids is 5. The van der Waals surface area contributed by atoms with E-state index in [1.54, 1.807) is 11.6 Å². The molecule has 3 N–H and O–H groups in total. The zero-order chi connectivity index (χ0) is 28.5. The second-order valence-electron chi connectivity index (χ2n) is 10.2. The van der Waals surface area contributed by atoms with E-state index in [1.807, 2.05) is 31.2 Å². The van der Waals surface area contributed by atoms with Crippen molar-refractivity contribution in [3.8, 4) is 0 Å². The molecule has 0 saturated carbocycles. The average Bonchev–Trinajstić information content (AvgIpc) is 3.48. The predicted molar refractivity (Wildman–Crippen MR) is 137 cm³/mol. The van der Waals surface area contributed by atoms with Gasteiger partial charge in [0.15, 0.2) is 5.69 Å². The molecule has 0 aliphatic carbocycles. The highest BCUT2D eigenvalue weighted by atomic mass is 16.5. The van der Waals surface area contributed by atoms with Crippen molar-refractivity contribution in [2.24, 2.45) is 5.73 Å². The Morgan fingerprint density at radius 3 is 2.49 bits per heavy atom. The Balaban J connectivity index is 1.40. The van der Waals surface area contributed by atoms with Gasteiger partial charge in [0.1, 0.15) is 17.7 Å². The van der Waals surface area contributed by atoms with Crippen LogP contribution in [0.4, 0.5) is 0 Å². The first-order chi connectivity index (χ1) is 18.4. The van der Waals surface area contributed by atoms with Gasteiger partial charge in [0.2, 0.25) is 11.8 Å². The quantitative estimate of drug-likeness (QED) is 0.323. The molecule has 2 aliphatic heterocycles. The summed E-state index contributed by atoms with van der Waals surface area (Å²) >= 11 is 0. The molecule has 13 nitrogen and oxygen atoms in total. The lowest BCUT2D eigenvalue weighted by Gasteiger charge is -2.50. The maximum atomic E-state index is 13.5. The van der Waals surface area contributed by atoms with Crippen molar-refractivity contribution in [1.29, 1.82) is 0 Å². The molecule has 2 fully saturated rings. The number of aromatic nitrogens is 3. The van der Waals surface area contributed by atoms with Crippen LogP contribution in [-0.2, 0) is 30.5 Å². The zero-order valence-corrected chi connectivity index (χ0v) is 22.5. The van der Waals surface area contributed by atoms with Gasteiger partial charge < -0.3 is 25.6 Å². The molecule has 3 atom stereocenters. The lowest BCUT2D eigenvalue weighted by molar-refractivity contribution is -0.161. The maximum absolute atomic E-state index is 13.5. The molecule has 4 rings (SSSR count). The van der Waals surface area contributed by atoms with E-state index in [9.17, 15) is 24.0 Å². The van der Waals surface area contributed by atoms with Crippen LogP contribution in [0.5, 0.6) is 0 Å². The van der Waals surface area contributed by atoms with Gasteiger partial charge >= 0.3 is 5.97 Å². The van der Waals surface area contributed by atoms with Crippen LogP contribution in [0.15, 0.2) is 24.3 Å². The Morgan fingerprint density at radius 1 is 1.18 bits per heavy atom. The molecule has 0 bridgehead atoms. The minimum atomic E-state index is -1.25. The van der Waals surface area contributed by atoms with Crippen molar-refractivity contribution in [3.05, 3.63) is 46.8 Å². The van der Waals surface area contributed by atoms with Gasteiger partial charge in [-0.3, -0.25) is 24.0 Å². The van der Waals surface area contributed by atoms with E-state index in [-0.39, 0.29) is 30.6 Å². The second-order valence-corrected chi connectivity index (χ2v) is 10.2. The van der Waals surface area contributed by atoms with Gasteiger partial charge in [-0.2, -0.15) is 0 Å². The number of amides is 4. The lowest BCUT2D eigenvalue weighted by atomic mass is 9.85. The van der Waals surface area contributed by atoms with Crippen molar-refractivity contribution in [3.63, 3.8) is 0 Å². The monoisotopic (exact) mass is 539 g/mol. The summed E-state index contributed by atoms with van der Waals surface area (Å²) < 4.78 is 6.62. The van der Waals surface area contributed by atoms with Gasteiger partial charge in [-0.15, -0.1) is 5.10 Å². The fourth-order valence-corrected chi connectivity index (χ4v) is 5.19. The Kier molecular flexibility index (Phi) is 7.70. The van der Waals surface area contributed by atoms with Crippen LogP contribution in [0.25, 0.3) is 0 Å². The third-order valence-corrected chi connectivity index (χ3v) is 7.29. The molecule has 2 saturated heterocycles. The van der Waals surface area contributed by atoms with Gasteiger partial charge in [-0.1, -0.05) is 35.0 Å². The molecule has 1 aromatic heterocycles. The molecule has 3 heterocycles. The molecule has 4 amide bonds. The number of ether oxygens (including phenoxy) is 1. The molecule has 2 aliphatic rings. The molecule has 0 radical (unpaired) electrons. The number of esters is 1. The van der Waals surface area contributed by atoms with Crippen molar-refractivity contribution in [2.75, 3.05) is 19.6 Å². The normalized spacial score (nSPS) is 19.9. The highest BCUT2D eigenvalue weighted by Crippen LogP contribution is 2.39. The van der Waals surface area contributed by atoms with Crippen LogP contribution in [-0.4, -0.2) is 91.7 Å². The van der Waals surface area contributed by atoms with Crippen molar-refractivity contribution in [2.45, 2.75) is 64.8 Å². The Labute approximate surface area is 225 Å².